The smallest absolute Gasteiger partial charge is 0.0346 e. The van der Waals surface area contributed by atoms with Gasteiger partial charge < -0.3 is 5.32 Å². The number of rotatable bonds is 2. The lowest BCUT2D eigenvalue weighted by Crippen LogP contribution is -1.88. The SMILES string of the molecule is CC.CNc1cccc(-c2cccc3cnccc23)c1. The highest BCUT2D eigenvalue weighted by atomic mass is 14.8. The number of fused-ring (bicyclic) bond motifs is 1. The number of aromatic nitrogens is 1. The molecule has 2 nitrogen and oxygen atoms in total. The van der Waals surface area contributed by atoms with Crippen molar-refractivity contribution in [3.63, 3.8) is 0 Å². The Balaban J connectivity index is 0.000000704. The van der Waals surface area contributed by atoms with Crippen LogP contribution >= 0.6 is 0 Å². The lowest BCUT2D eigenvalue weighted by molar-refractivity contribution is 1.36. The Labute approximate surface area is 120 Å². The van der Waals surface area contributed by atoms with Crippen molar-refractivity contribution in [3.05, 3.63) is 60.9 Å². The molecule has 0 radical (unpaired) electrons. The zero-order valence-corrected chi connectivity index (χ0v) is 12.2. The standard InChI is InChI=1S/C16H14N2.C2H6/c1-17-14-6-2-4-12(10-14)15-7-3-5-13-11-18-9-8-16(13)15;1-2/h2-11,17H,1H3;1-2H3. The molecule has 0 saturated heterocycles. The summed E-state index contributed by atoms with van der Waals surface area (Å²) in [5.41, 5.74) is 3.59. The van der Waals surface area contributed by atoms with Crippen LogP contribution in [0.3, 0.4) is 0 Å². The zero-order chi connectivity index (χ0) is 14.4. The molecule has 0 aliphatic carbocycles. The molecular formula is C18H20N2. The van der Waals surface area contributed by atoms with E-state index in [-0.39, 0.29) is 0 Å². The fourth-order valence-electron chi connectivity index (χ4n) is 2.22. The number of hydrogen-bond donors (Lipinski definition) is 1. The highest BCUT2D eigenvalue weighted by molar-refractivity contribution is 5.96. The van der Waals surface area contributed by atoms with Crippen LogP contribution in [0.2, 0.25) is 0 Å². The zero-order valence-electron chi connectivity index (χ0n) is 12.2. The van der Waals surface area contributed by atoms with Gasteiger partial charge in [-0.25, -0.2) is 0 Å². The van der Waals surface area contributed by atoms with E-state index >= 15 is 0 Å². The summed E-state index contributed by atoms with van der Waals surface area (Å²) < 4.78 is 0. The molecule has 0 unspecified atom stereocenters. The summed E-state index contributed by atoms with van der Waals surface area (Å²) in [7, 11) is 1.94. The fraction of sp³-hybridized carbons (Fsp3) is 0.167. The van der Waals surface area contributed by atoms with Crippen molar-refractivity contribution in [1.82, 2.24) is 4.98 Å². The van der Waals surface area contributed by atoms with E-state index in [0.29, 0.717) is 0 Å². The topological polar surface area (TPSA) is 24.9 Å². The molecule has 0 amide bonds. The van der Waals surface area contributed by atoms with Crippen LogP contribution in [-0.2, 0) is 0 Å². The molecular weight excluding hydrogens is 244 g/mol. The van der Waals surface area contributed by atoms with E-state index in [1.54, 1.807) is 0 Å². The van der Waals surface area contributed by atoms with Crippen LogP contribution in [0.1, 0.15) is 13.8 Å². The van der Waals surface area contributed by atoms with Gasteiger partial charge in [-0.3, -0.25) is 4.98 Å². The molecule has 0 aliphatic heterocycles. The first kappa shape index (κ1) is 14.1. The molecule has 0 spiro atoms. The lowest BCUT2D eigenvalue weighted by atomic mass is 9.99. The molecule has 1 aromatic heterocycles. The third-order valence-corrected chi connectivity index (χ3v) is 3.14. The van der Waals surface area contributed by atoms with Crippen molar-refractivity contribution in [1.29, 1.82) is 0 Å². The fourth-order valence-corrected chi connectivity index (χ4v) is 2.22. The number of benzene rings is 2. The summed E-state index contributed by atoms with van der Waals surface area (Å²) in [5.74, 6) is 0. The van der Waals surface area contributed by atoms with E-state index in [0.717, 1.165) is 5.69 Å². The van der Waals surface area contributed by atoms with Crippen molar-refractivity contribution in [2.45, 2.75) is 13.8 Å². The van der Waals surface area contributed by atoms with Gasteiger partial charge in [-0.15, -0.1) is 0 Å². The molecule has 0 fully saturated rings. The number of nitrogens with one attached hydrogen (secondary N) is 1. The summed E-state index contributed by atoms with van der Waals surface area (Å²) in [6, 6.07) is 16.8. The molecule has 3 aromatic rings. The van der Waals surface area contributed by atoms with Gasteiger partial charge in [0.05, 0.1) is 0 Å². The summed E-state index contributed by atoms with van der Waals surface area (Å²) in [6.07, 6.45) is 3.74. The molecule has 2 heteroatoms. The summed E-state index contributed by atoms with van der Waals surface area (Å²) in [6.45, 7) is 4.00. The van der Waals surface area contributed by atoms with Crippen LogP contribution in [0, 0.1) is 0 Å². The maximum absolute atomic E-state index is 4.17. The Kier molecular flexibility index (Phi) is 4.72. The van der Waals surface area contributed by atoms with Crippen LogP contribution in [0.15, 0.2) is 60.9 Å². The van der Waals surface area contributed by atoms with Gasteiger partial charge in [0.1, 0.15) is 0 Å². The predicted molar refractivity (Wildman–Crippen MR) is 88.1 cm³/mol. The lowest BCUT2D eigenvalue weighted by Gasteiger charge is -2.08. The van der Waals surface area contributed by atoms with Gasteiger partial charge in [-0.1, -0.05) is 44.2 Å². The van der Waals surface area contributed by atoms with E-state index in [1.807, 2.05) is 33.3 Å². The van der Waals surface area contributed by atoms with Crippen LogP contribution in [0.5, 0.6) is 0 Å². The molecule has 102 valence electrons. The van der Waals surface area contributed by atoms with E-state index in [2.05, 4.69) is 58.8 Å². The third-order valence-electron chi connectivity index (χ3n) is 3.14. The first-order valence-corrected chi connectivity index (χ1v) is 6.99. The molecule has 0 aliphatic rings. The Morgan fingerprint density at radius 2 is 1.75 bits per heavy atom. The first-order chi connectivity index (χ1) is 9.88. The summed E-state index contributed by atoms with van der Waals surface area (Å²) >= 11 is 0. The average molecular weight is 264 g/mol. The van der Waals surface area contributed by atoms with E-state index in [9.17, 15) is 0 Å². The normalized spacial score (nSPS) is 9.75. The second-order valence-electron chi connectivity index (χ2n) is 4.23. The molecule has 20 heavy (non-hydrogen) atoms. The average Bonchev–Trinajstić information content (AvgIpc) is 2.56. The van der Waals surface area contributed by atoms with Crippen molar-refractivity contribution < 1.29 is 0 Å². The minimum atomic E-state index is 1.12. The second kappa shape index (κ2) is 6.71. The Morgan fingerprint density at radius 3 is 2.55 bits per heavy atom. The Morgan fingerprint density at radius 1 is 0.950 bits per heavy atom. The Bertz CT molecular complexity index is 684. The minimum Gasteiger partial charge on any atom is -0.388 e. The van der Waals surface area contributed by atoms with E-state index < -0.39 is 0 Å². The van der Waals surface area contributed by atoms with Crippen molar-refractivity contribution in [2.24, 2.45) is 0 Å². The molecule has 0 bridgehead atoms. The maximum atomic E-state index is 4.17. The van der Waals surface area contributed by atoms with Crippen LogP contribution in [0.25, 0.3) is 21.9 Å². The van der Waals surface area contributed by atoms with Gasteiger partial charge in [-0.05, 0) is 34.7 Å². The van der Waals surface area contributed by atoms with Gasteiger partial charge >= 0.3 is 0 Å². The van der Waals surface area contributed by atoms with Crippen LogP contribution in [-0.4, -0.2) is 12.0 Å². The van der Waals surface area contributed by atoms with Gasteiger partial charge in [0.25, 0.3) is 0 Å². The van der Waals surface area contributed by atoms with E-state index in [4.69, 9.17) is 0 Å². The number of anilines is 1. The molecule has 2 aromatic carbocycles. The minimum absolute atomic E-state index is 1.12. The first-order valence-electron chi connectivity index (χ1n) is 6.99. The summed E-state index contributed by atoms with van der Waals surface area (Å²) in [4.78, 5) is 4.17. The quantitative estimate of drug-likeness (QED) is 0.707. The number of hydrogen-bond acceptors (Lipinski definition) is 2. The highest BCUT2D eigenvalue weighted by Crippen LogP contribution is 2.29. The van der Waals surface area contributed by atoms with Crippen molar-refractivity contribution >= 4 is 16.5 Å². The van der Waals surface area contributed by atoms with E-state index in [1.165, 1.54) is 21.9 Å². The number of pyridine rings is 1. The monoisotopic (exact) mass is 264 g/mol. The summed E-state index contributed by atoms with van der Waals surface area (Å²) in [5, 5.41) is 5.58. The molecule has 1 heterocycles. The van der Waals surface area contributed by atoms with Crippen molar-refractivity contribution in [2.75, 3.05) is 12.4 Å². The molecule has 1 N–H and O–H groups in total. The molecule has 0 atom stereocenters. The number of nitrogens with zero attached hydrogens (tertiary/aromatic N) is 1. The van der Waals surface area contributed by atoms with Gasteiger partial charge in [0.15, 0.2) is 0 Å². The maximum Gasteiger partial charge on any atom is 0.0346 e. The Hall–Kier alpha value is -2.35. The van der Waals surface area contributed by atoms with Gasteiger partial charge in [0, 0.05) is 30.5 Å². The van der Waals surface area contributed by atoms with Gasteiger partial charge in [-0.2, -0.15) is 0 Å². The third kappa shape index (κ3) is 2.80. The molecule has 0 saturated carbocycles. The predicted octanol–water partition coefficient (Wildman–Crippen LogP) is 4.97. The van der Waals surface area contributed by atoms with Crippen molar-refractivity contribution in [3.8, 4) is 11.1 Å². The highest BCUT2D eigenvalue weighted by Gasteiger charge is 2.03. The second-order valence-corrected chi connectivity index (χ2v) is 4.23. The molecule has 3 rings (SSSR count). The van der Waals surface area contributed by atoms with Gasteiger partial charge in [0.2, 0.25) is 0 Å². The van der Waals surface area contributed by atoms with Crippen LogP contribution in [0.4, 0.5) is 5.69 Å². The largest absolute Gasteiger partial charge is 0.388 e. The van der Waals surface area contributed by atoms with Crippen LogP contribution < -0.4 is 5.32 Å².